The Bertz CT molecular complexity index is 365. The van der Waals surface area contributed by atoms with Gasteiger partial charge in [-0.15, -0.1) is 12.4 Å². The lowest BCUT2D eigenvalue weighted by atomic mass is 10.1. The second-order valence-corrected chi connectivity index (χ2v) is 6.13. The topological polar surface area (TPSA) is 61.9 Å². The van der Waals surface area contributed by atoms with Gasteiger partial charge in [0.15, 0.2) is 0 Å². The Morgan fingerprint density at radius 3 is 2.36 bits per heavy atom. The highest BCUT2D eigenvalue weighted by atomic mass is 35.5. The molecule has 128 valence electrons. The molecular formula is C15H28ClN3O3. The molecule has 2 amide bonds. The van der Waals surface area contributed by atoms with Crippen LogP contribution in [0.1, 0.15) is 26.7 Å². The molecule has 2 aliphatic heterocycles. The van der Waals surface area contributed by atoms with Gasteiger partial charge in [-0.1, -0.05) is 13.8 Å². The maximum atomic E-state index is 12.1. The minimum atomic E-state index is 0. The Morgan fingerprint density at radius 2 is 1.82 bits per heavy atom. The first kappa shape index (κ1) is 19.2. The molecular weight excluding hydrogens is 306 g/mol. The molecule has 0 aliphatic carbocycles. The third-order valence-corrected chi connectivity index (χ3v) is 4.11. The molecule has 7 heteroatoms. The van der Waals surface area contributed by atoms with E-state index in [1.165, 1.54) is 0 Å². The molecule has 0 saturated carbocycles. The summed E-state index contributed by atoms with van der Waals surface area (Å²) >= 11 is 0. The maximum absolute atomic E-state index is 12.1. The van der Waals surface area contributed by atoms with Crippen molar-refractivity contribution in [2.75, 3.05) is 45.9 Å². The number of piperazine rings is 1. The van der Waals surface area contributed by atoms with Gasteiger partial charge in [0.05, 0.1) is 12.6 Å². The summed E-state index contributed by atoms with van der Waals surface area (Å²) in [6, 6.07) is 0. The van der Waals surface area contributed by atoms with Crippen molar-refractivity contribution in [2.45, 2.75) is 32.8 Å². The molecule has 0 aromatic rings. The minimum Gasteiger partial charge on any atom is -0.377 e. The van der Waals surface area contributed by atoms with E-state index in [0.717, 1.165) is 26.0 Å². The van der Waals surface area contributed by atoms with Gasteiger partial charge in [-0.05, 0) is 12.8 Å². The molecule has 22 heavy (non-hydrogen) atoms. The monoisotopic (exact) mass is 333 g/mol. The van der Waals surface area contributed by atoms with Crippen LogP contribution >= 0.6 is 12.4 Å². The molecule has 2 saturated heterocycles. The van der Waals surface area contributed by atoms with Crippen LogP contribution < -0.4 is 5.32 Å². The van der Waals surface area contributed by atoms with Gasteiger partial charge in [-0.25, -0.2) is 0 Å². The van der Waals surface area contributed by atoms with Crippen molar-refractivity contribution < 1.29 is 14.3 Å². The number of hydrogen-bond donors (Lipinski definition) is 1. The Morgan fingerprint density at radius 1 is 1.18 bits per heavy atom. The molecule has 2 rings (SSSR count). The van der Waals surface area contributed by atoms with Gasteiger partial charge < -0.3 is 19.9 Å². The van der Waals surface area contributed by atoms with Crippen LogP contribution in [0.25, 0.3) is 0 Å². The van der Waals surface area contributed by atoms with E-state index in [9.17, 15) is 9.59 Å². The number of hydrogen-bond acceptors (Lipinski definition) is 4. The zero-order chi connectivity index (χ0) is 15.2. The highest BCUT2D eigenvalue weighted by molar-refractivity contribution is 5.85. The van der Waals surface area contributed by atoms with Gasteiger partial charge >= 0.3 is 0 Å². The predicted octanol–water partition coefficient (Wildman–Crippen LogP) is 0.504. The normalized spacial score (nSPS) is 21.9. The number of ether oxygens (including phenoxy) is 1. The number of carbonyl (C=O) groups excluding carboxylic acids is 2. The molecule has 2 heterocycles. The van der Waals surface area contributed by atoms with E-state index < -0.39 is 0 Å². The second kappa shape index (κ2) is 9.33. The van der Waals surface area contributed by atoms with Crippen molar-refractivity contribution in [1.29, 1.82) is 0 Å². The second-order valence-electron chi connectivity index (χ2n) is 6.13. The highest BCUT2D eigenvalue weighted by Gasteiger charge is 2.25. The fraction of sp³-hybridized carbons (Fsp3) is 0.867. The van der Waals surface area contributed by atoms with E-state index >= 15 is 0 Å². The first-order valence-corrected chi connectivity index (χ1v) is 7.97. The molecule has 1 unspecified atom stereocenters. The standard InChI is InChI=1S/C15H27N3O3.ClH/c1-12(2)15(20)18-7-5-17(6-8-18)14(19)11-16-10-13-4-3-9-21-13;/h12-13,16H,3-11H2,1-2H3;1H. The average molecular weight is 334 g/mol. The van der Waals surface area contributed by atoms with Crippen LogP contribution in [0.4, 0.5) is 0 Å². The predicted molar refractivity (Wildman–Crippen MR) is 87.1 cm³/mol. The van der Waals surface area contributed by atoms with Gasteiger partial charge in [0.1, 0.15) is 0 Å². The number of nitrogens with one attached hydrogen (secondary N) is 1. The Balaban J connectivity index is 0.00000242. The summed E-state index contributed by atoms with van der Waals surface area (Å²) in [4.78, 5) is 27.7. The Kier molecular flexibility index (Phi) is 8.14. The summed E-state index contributed by atoms with van der Waals surface area (Å²) in [6.45, 7) is 8.34. The largest absolute Gasteiger partial charge is 0.377 e. The van der Waals surface area contributed by atoms with Crippen molar-refractivity contribution in [3.8, 4) is 0 Å². The first-order chi connectivity index (χ1) is 10.1. The van der Waals surface area contributed by atoms with Crippen LogP contribution in [-0.2, 0) is 14.3 Å². The summed E-state index contributed by atoms with van der Waals surface area (Å²) in [5.41, 5.74) is 0. The van der Waals surface area contributed by atoms with E-state index in [0.29, 0.717) is 32.7 Å². The zero-order valence-electron chi connectivity index (χ0n) is 13.5. The molecule has 2 fully saturated rings. The van der Waals surface area contributed by atoms with E-state index in [4.69, 9.17) is 4.74 Å². The van der Waals surface area contributed by atoms with Gasteiger partial charge in [-0.2, -0.15) is 0 Å². The fourth-order valence-electron chi connectivity index (χ4n) is 2.80. The van der Waals surface area contributed by atoms with E-state index in [1.807, 2.05) is 23.6 Å². The summed E-state index contributed by atoms with van der Waals surface area (Å²) < 4.78 is 5.51. The number of rotatable bonds is 5. The minimum absolute atomic E-state index is 0. The lowest BCUT2D eigenvalue weighted by Gasteiger charge is -2.35. The summed E-state index contributed by atoms with van der Waals surface area (Å²) in [6.07, 6.45) is 2.46. The quantitative estimate of drug-likeness (QED) is 0.796. The molecule has 2 aliphatic rings. The third-order valence-electron chi connectivity index (χ3n) is 4.11. The van der Waals surface area contributed by atoms with Crippen molar-refractivity contribution in [2.24, 2.45) is 5.92 Å². The number of amides is 2. The number of carbonyl (C=O) groups is 2. The van der Waals surface area contributed by atoms with Gasteiger partial charge in [-0.3, -0.25) is 9.59 Å². The average Bonchev–Trinajstić information content (AvgIpc) is 2.99. The van der Waals surface area contributed by atoms with Crippen molar-refractivity contribution in [3.63, 3.8) is 0 Å². The first-order valence-electron chi connectivity index (χ1n) is 7.97. The zero-order valence-corrected chi connectivity index (χ0v) is 14.4. The van der Waals surface area contributed by atoms with Crippen LogP contribution in [-0.4, -0.2) is 73.6 Å². The molecule has 0 aromatic heterocycles. The molecule has 0 radical (unpaired) electrons. The van der Waals surface area contributed by atoms with Crippen molar-refractivity contribution in [3.05, 3.63) is 0 Å². The smallest absolute Gasteiger partial charge is 0.236 e. The Hall–Kier alpha value is -0.850. The number of nitrogens with zero attached hydrogens (tertiary/aromatic N) is 2. The highest BCUT2D eigenvalue weighted by Crippen LogP contribution is 2.10. The van der Waals surface area contributed by atoms with Gasteiger partial charge in [0, 0.05) is 45.2 Å². The lowest BCUT2D eigenvalue weighted by Crippen LogP contribution is -2.53. The number of halogens is 1. The summed E-state index contributed by atoms with van der Waals surface area (Å²) in [5.74, 6) is 0.323. The summed E-state index contributed by atoms with van der Waals surface area (Å²) in [5, 5.41) is 3.18. The Labute approximate surface area is 138 Å². The lowest BCUT2D eigenvalue weighted by molar-refractivity contribution is -0.141. The van der Waals surface area contributed by atoms with Crippen molar-refractivity contribution in [1.82, 2.24) is 15.1 Å². The van der Waals surface area contributed by atoms with E-state index in [1.54, 1.807) is 0 Å². The van der Waals surface area contributed by atoms with Crippen LogP contribution in [0.3, 0.4) is 0 Å². The van der Waals surface area contributed by atoms with Crippen LogP contribution in [0.5, 0.6) is 0 Å². The fourth-order valence-corrected chi connectivity index (χ4v) is 2.80. The molecule has 0 bridgehead atoms. The van der Waals surface area contributed by atoms with Gasteiger partial charge in [0.2, 0.25) is 11.8 Å². The molecule has 0 aromatic carbocycles. The van der Waals surface area contributed by atoms with Gasteiger partial charge in [0.25, 0.3) is 0 Å². The third kappa shape index (κ3) is 5.41. The van der Waals surface area contributed by atoms with E-state index in [2.05, 4.69) is 5.32 Å². The van der Waals surface area contributed by atoms with Crippen molar-refractivity contribution >= 4 is 24.2 Å². The van der Waals surface area contributed by atoms with Crippen LogP contribution in [0.2, 0.25) is 0 Å². The SMILES string of the molecule is CC(C)C(=O)N1CCN(C(=O)CNCC2CCCO2)CC1.Cl. The maximum Gasteiger partial charge on any atom is 0.236 e. The van der Waals surface area contributed by atoms with Crippen LogP contribution in [0.15, 0.2) is 0 Å². The molecule has 6 nitrogen and oxygen atoms in total. The molecule has 0 spiro atoms. The molecule has 1 atom stereocenters. The molecule has 1 N–H and O–H groups in total. The summed E-state index contributed by atoms with van der Waals surface area (Å²) in [7, 11) is 0. The van der Waals surface area contributed by atoms with E-state index in [-0.39, 0.29) is 36.2 Å². The van der Waals surface area contributed by atoms with Crippen LogP contribution in [0, 0.1) is 5.92 Å².